The minimum Gasteiger partial charge on any atom is -0.370 e. The molecule has 0 aliphatic heterocycles. The summed E-state index contributed by atoms with van der Waals surface area (Å²) in [6.07, 6.45) is 5.28. The molecule has 4 nitrogen and oxygen atoms in total. The molecule has 0 spiro atoms. The summed E-state index contributed by atoms with van der Waals surface area (Å²) >= 11 is 0. The summed E-state index contributed by atoms with van der Waals surface area (Å²) in [5, 5.41) is 3.26. The standard InChI is InChI=1S/C13H21FN4/c1-2-6-16-12-11(8-17-13(15)18-12)9-4-3-5-10(14)7-9/h8-10H,2-7H2,1H3,(H3,15,16,17,18). The molecule has 5 heteroatoms. The van der Waals surface area contributed by atoms with Crippen LogP contribution < -0.4 is 11.1 Å². The van der Waals surface area contributed by atoms with E-state index in [0.29, 0.717) is 12.8 Å². The predicted octanol–water partition coefficient (Wildman–Crippen LogP) is 2.88. The third kappa shape index (κ3) is 3.09. The number of nitrogens with two attached hydrogens (primary N) is 1. The maximum atomic E-state index is 13.5. The van der Waals surface area contributed by atoms with Crippen LogP contribution in [0.2, 0.25) is 0 Å². The molecule has 0 radical (unpaired) electrons. The van der Waals surface area contributed by atoms with Crippen LogP contribution in [0.1, 0.15) is 50.5 Å². The summed E-state index contributed by atoms with van der Waals surface area (Å²) in [5.41, 5.74) is 6.63. The van der Waals surface area contributed by atoms with Crippen molar-refractivity contribution in [3.05, 3.63) is 11.8 Å². The number of nitrogens with zero attached hydrogens (tertiary/aromatic N) is 2. The molecule has 1 aliphatic rings. The summed E-state index contributed by atoms with van der Waals surface area (Å²) in [7, 11) is 0. The first-order valence-electron chi connectivity index (χ1n) is 6.71. The van der Waals surface area contributed by atoms with Crippen molar-refractivity contribution in [2.24, 2.45) is 0 Å². The van der Waals surface area contributed by atoms with Crippen LogP contribution in [0.25, 0.3) is 0 Å². The maximum Gasteiger partial charge on any atom is 0.221 e. The van der Waals surface area contributed by atoms with Gasteiger partial charge >= 0.3 is 0 Å². The topological polar surface area (TPSA) is 63.8 Å². The van der Waals surface area contributed by atoms with Crippen molar-refractivity contribution in [2.45, 2.75) is 51.1 Å². The lowest BCUT2D eigenvalue weighted by Gasteiger charge is -2.26. The molecule has 100 valence electrons. The van der Waals surface area contributed by atoms with E-state index < -0.39 is 6.17 Å². The highest BCUT2D eigenvalue weighted by molar-refractivity contribution is 5.48. The van der Waals surface area contributed by atoms with Crippen molar-refractivity contribution in [3.8, 4) is 0 Å². The molecule has 0 bridgehead atoms. The molecule has 1 aliphatic carbocycles. The van der Waals surface area contributed by atoms with Gasteiger partial charge in [-0.1, -0.05) is 6.92 Å². The first-order chi connectivity index (χ1) is 8.70. The van der Waals surface area contributed by atoms with Crippen molar-refractivity contribution in [2.75, 3.05) is 17.6 Å². The average molecular weight is 252 g/mol. The van der Waals surface area contributed by atoms with E-state index in [1.54, 1.807) is 6.20 Å². The zero-order valence-corrected chi connectivity index (χ0v) is 10.8. The van der Waals surface area contributed by atoms with Crippen molar-refractivity contribution in [3.63, 3.8) is 0 Å². The van der Waals surface area contributed by atoms with E-state index in [2.05, 4.69) is 22.2 Å². The van der Waals surface area contributed by atoms with Crippen LogP contribution in [0, 0.1) is 0 Å². The van der Waals surface area contributed by atoms with Gasteiger partial charge in [-0.3, -0.25) is 0 Å². The second-order valence-electron chi connectivity index (χ2n) is 4.92. The highest BCUT2D eigenvalue weighted by atomic mass is 19.1. The number of hydrogen-bond acceptors (Lipinski definition) is 4. The van der Waals surface area contributed by atoms with Gasteiger partial charge in [-0.25, -0.2) is 9.37 Å². The van der Waals surface area contributed by atoms with Gasteiger partial charge in [0.1, 0.15) is 12.0 Å². The quantitative estimate of drug-likeness (QED) is 0.864. The number of alkyl halides is 1. The molecule has 1 heterocycles. The molecule has 2 atom stereocenters. The molecule has 2 rings (SSSR count). The zero-order valence-electron chi connectivity index (χ0n) is 10.8. The van der Waals surface area contributed by atoms with Crippen LogP contribution in [0.3, 0.4) is 0 Å². The Labute approximate surface area is 107 Å². The largest absolute Gasteiger partial charge is 0.370 e. The monoisotopic (exact) mass is 252 g/mol. The molecular weight excluding hydrogens is 231 g/mol. The van der Waals surface area contributed by atoms with Gasteiger partial charge in [0, 0.05) is 18.3 Å². The second-order valence-corrected chi connectivity index (χ2v) is 4.92. The number of halogens is 1. The van der Waals surface area contributed by atoms with Gasteiger partial charge in [0.05, 0.1) is 0 Å². The Kier molecular flexibility index (Phi) is 4.33. The molecule has 0 amide bonds. The zero-order chi connectivity index (χ0) is 13.0. The van der Waals surface area contributed by atoms with Gasteiger partial charge in [0.2, 0.25) is 5.95 Å². The van der Waals surface area contributed by atoms with Crippen LogP contribution in [0.4, 0.5) is 16.2 Å². The maximum absolute atomic E-state index is 13.5. The Bertz CT molecular complexity index is 397. The molecule has 0 aromatic carbocycles. The van der Waals surface area contributed by atoms with E-state index in [1.807, 2.05) is 0 Å². The highest BCUT2D eigenvalue weighted by Crippen LogP contribution is 2.36. The minimum absolute atomic E-state index is 0.216. The first-order valence-corrected chi connectivity index (χ1v) is 6.71. The Morgan fingerprint density at radius 3 is 3.06 bits per heavy atom. The number of rotatable bonds is 4. The smallest absolute Gasteiger partial charge is 0.221 e. The van der Waals surface area contributed by atoms with Crippen LogP contribution in [0.5, 0.6) is 0 Å². The molecule has 1 saturated carbocycles. The minimum atomic E-state index is -0.694. The van der Waals surface area contributed by atoms with E-state index in [9.17, 15) is 4.39 Å². The summed E-state index contributed by atoms with van der Waals surface area (Å²) in [5.74, 6) is 1.27. The van der Waals surface area contributed by atoms with E-state index in [0.717, 1.165) is 37.2 Å². The van der Waals surface area contributed by atoms with Crippen LogP contribution in [-0.2, 0) is 0 Å². The third-order valence-electron chi connectivity index (χ3n) is 3.43. The normalized spacial score (nSPS) is 23.9. The molecule has 1 fully saturated rings. The van der Waals surface area contributed by atoms with Gasteiger partial charge < -0.3 is 11.1 Å². The summed E-state index contributed by atoms with van der Waals surface area (Å²) < 4.78 is 13.5. The number of nitrogens with one attached hydrogen (secondary N) is 1. The number of nitrogen functional groups attached to an aromatic ring is 1. The predicted molar refractivity (Wildman–Crippen MR) is 71.3 cm³/mol. The van der Waals surface area contributed by atoms with E-state index in [4.69, 9.17) is 5.73 Å². The second kappa shape index (κ2) is 5.98. The molecule has 1 aromatic rings. The third-order valence-corrected chi connectivity index (χ3v) is 3.43. The fourth-order valence-corrected chi connectivity index (χ4v) is 2.50. The Hall–Kier alpha value is -1.39. The van der Waals surface area contributed by atoms with Crippen LogP contribution >= 0.6 is 0 Å². The van der Waals surface area contributed by atoms with Crippen molar-refractivity contribution in [1.82, 2.24) is 9.97 Å². The number of anilines is 2. The van der Waals surface area contributed by atoms with Gasteiger partial charge in [-0.05, 0) is 38.0 Å². The Balaban J connectivity index is 2.19. The fourth-order valence-electron chi connectivity index (χ4n) is 2.50. The number of aromatic nitrogens is 2. The molecule has 1 aromatic heterocycles. The molecule has 2 unspecified atom stereocenters. The van der Waals surface area contributed by atoms with Crippen LogP contribution in [0.15, 0.2) is 6.20 Å². The van der Waals surface area contributed by atoms with Crippen molar-refractivity contribution < 1.29 is 4.39 Å². The van der Waals surface area contributed by atoms with E-state index in [1.165, 1.54) is 0 Å². The summed E-state index contributed by atoms with van der Waals surface area (Å²) in [4.78, 5) is 8.30. The summed E-state index contributed by atoms with van der Waals surface area (Å²) in [6, 6.07) is 0. The lowest BCUT2D eigenvalue weighted by Crippen LogP contribution is -2.18. The van der Waals surface area contributed by atoms with Gasteiger partial charge in [-0.15, -0.1) is 0 Å². The van der Waals surface area contributed by atoms with Crippen molar-refractivity contribution in [1.29, 1.82) is 0 Å². The molecule has 18 heavy (non-hydrogen) atoms. The fraction of sp³-hybridized carbons (Fsp3) is 0.692. The molecule has 0 saturated heterocycles. The highest BCUT2D eigenvalue weighted by Gasteiger charge is 2.25. The number of hydrogen-bond donors (Lipinski definition) is 2. The SMILES string of the molecule is CCCNc1nc(N)ncc1C1CCCC(F)C1. The molecular formula is C13H21FN4. The first kappa shape index (κ1) is 13.1. The lowest BCUT2D eigenvalue weighted by atomic mass is 9.84. The van der Waals surface area contributed by atoms with Gasteiger partial charge in [-0.2, -0.15) is 4.98 Å². The molecule has 3 N–H and O–H groups in total. The van der Waals surface area contributed by atoms with E-state index in [-0.39, 0.29) is 11.9 Å². The summed E-state index contributed by atoms with van der Waals surface area (Å²) in [6.45, 7) is 2.94. The lowest BCUT2D eigenvalue weighted by molar-refractivity contribution is 0.231. The van der Waals surface area contributed by atoms with Gasteiger partial charge in [0.25, 0.3) is 0 Å². The van der Waals surface area contributed by atoms with Crippen molar-refractivity contribution >= 4 is 11.8 Å². The average Bonchev–Trinajstić information content (AvgIpc) is 2.36. The van der Waals surface area contributed by atoms with Gasteiger partial charge in [0.15, 0.2) is 0 Å². The van der Waals surface area contributed by atoms with Crippen LogP contribution in [-0.4, -0.2) is 22.7 Å². The Morgan fingerprint density at radius 1 is 1.50 bits per heavy atom. The Morgan fingerprint density at radius 2 is 2.33 bits per heavy atom. The van der Waals surface area contributed by atoms with E-state index >= 15 is 0 Å².